The van der Waals surface area contributed by atoms with Gasteiger partial charge in [0.15, 0.2) is 0 Å². The van der Waals surface area contributed by atoms with Crippen molar-refractivity contribution in [2.45, 2.75) is 37.0 Å². The Kier molecular flexibility index (Phi) is 5.97. The summed E-state index contributed by atoms with van der Waals surface area (Å²) in [5.74, 6) is -0.286. The highest BCUT2D eigenvalue weighted by Gasteiger charge is 2.34. The summed E-state index contributed by atoms with van der Waals surface area (Å²) in [6, 6.07) is 6.33. The molecule has 1 aromatic rings. The van der Waals surface area contributed by atoms with Gasteiger partial charge in [0.25, 0.3) is 0 Å². The minimum Gasteiger partial charge on any atom is -0.392 e. The lowest BCUT2D eigenvalue weighted by Gasteiger charge is -2.27. The molecule has 0 saturated heterocycles. The first kappa shape index (κ1) is 17.7. The van der Waals surface area contributed by atoms with Gasteiger partial charge in [-0.05, 0) is 37.1 Å². The molecule has 23 heavy (non-hydrogen) atoms. The number of nitrogens with one attached hydrogen (secondary N) is 2. The Hall–Kier alpha value is -1.64. The van der Waals surface area contributed by atoms with Crippen LogP contribution in [0, 0.1) is 0 Å². The van der Waals surface area contributed by atoms with E-state index in [2.05, 4.69) is 10.0 Å². The zero-order chi connectivity index (χ0) is 16.9. The van der Waals surface area contributed by atoms with Crippen LogP contribution in [0.4, 0.5) is 11.4 Å². The molecule has 1 saturated carbocycles. The first-order valence-corrected chi connectivity index (χ1v) is 9.05. The third-order valence-corrected chi connectivity index (χ3v) is 5.64. The molecule has 0 bridgehead atoms. The molecule has 1 amide bonds. The maximum atomic E-state index is 12.4. The third-order valence-electron chi connectivity index (χ3n) is 3.77. The van der Waals surface area contributed by atoms with Crippen molar-refractivity contribution >= 4 is 27.3 Å². The largest absolute Gasteiger partial charge is 0.392 e. The molecule has 1 aliphatic carbocycles. The van der Waals surface area contributed by atoms with E-state index in [1.54, 1.807) is 24.3 Å². The van der Waals surface area contributed by atoms with Gasteiger partial charge in [0.2, 0.25) is 15.9 Å². The van der Waals surface area contributed by atoms with Crippen LogP contribution in [0.3, 0.4) is 0 Å². The monoisotopic (exact) mass is 342 g/mol. The fourth-order valence-electron chi connectivity index (χ4n) is 2.63. The van der Waals surface area contributed by atoms with Gasteiger partial charge in [-0.25, -0.2) is 8.42 Å². The highest BCUT2D eigenvalue weighted by molar-refractivity contribution is 7.93. The van der Waals surface area contributed by atoms with E-state index in [0.717, 1.165) is 12.8 Å². The Morgan fingerprint density at radius 3 is 2.43 bits per heavy atom. The summed E-state index contributed by atoms with van der Waals surface area (Å²) < 4.78 is 31.9. The summed E-state index contributed by atoms with van der Waals surface area (Å²) in [6.45, 7) is -0.0477. The first-order chi connectivity index (χ1) is 10.9. The van der Waals surface area contributed by atoms with Crippen molar-refractivity contribution in [1.82, 2.24) is 0 Å². The molecule has 0 heterocycles. The Bertz CT molecular complexity index is 630. The van der Waals surface area contributed by atoms with Crippen LogP contribution in [0.5, 0.6) is 0 Å². The molecule has 1 aliphatic rings. The number of carbonyl (C=O) groups excluding carboxylic acids is 1. The summed E-state index contributed by atoms with van der Waals surface area (Å²) in [7, 11) is -2.21. The predicted molar refractivity (Wildman–Crippen MR) is 87.8 cm³/mol. The van der Waals surface area contributed by atoms with Gasteiger partial charge < -0.3 is 15.2 Å². The average molecular weight is 342 g/mol. The Morgan fingerprint density at radius 1 is 1.22 bits per heavy atom. The first-order valence-electron chi connectivity index (χ1n) is 7.51. The molecule has 2 rings (SSSR count). The lowest BCUT2D eigenvalue weighted by molar-refractivity contribution is -0.119. The molecule has 0 spiro atoms. The summed E-state index contributed by atoms with van der Waals surface area (Å²) >= 11 is 0. The summed E-state index contributed by atoms with van der Waals surface area (Å²) in [6.07, 6.45) is 1.79. The summed E-state index contributed by atoms with van der Waals surface area (Å²) in [4.78, 5) is 11.4. The molecule has 0 aliphatic heterocycles. The van der Waals surface area contributed by atoms with E-state index in [-0.39, 0.29) is 12.5 Å². The maximum Gasteiger partial charge on any atom is 0.250 e. The lowest BCUT2D eigenvalue weighted by atomic mass is 9.97. The predicted octanol–water partition coefficient (Wildman–Crippen LogP) is 1.32. The van der Waals surface area contributed by atoms with Crippen molar-refractivity contribution in [3.05, 3.63) is 24.3 Å². The van der Waals surface area contributed by atoms with Gasteiger partial charge in [0, 0.05) is 18.5 Å². The highest BCUT2D eigenvalue weighted by atomic mass is 32.2. The minimum atomic E-state index is -3.64. The van der Waals surface area contributed by atoms with Gasteiger partial charge in [0.1, 0.15) is 11.9 Å². The van der Waals surface area contributed by atoms with Crippen LogP contribution in [0.15, 0.2) is 24.3 Å². The summed E-state index contributed by atoms with van der Waals surface area (Å²) in [5, 5.41) is 11.7. The second kappa shape index (κ2) is 7.76. The number of methoxy groups -OCH3 is 1. The van der Waals surface area contributed by atoms with Gasteiger partial charge in [-0.3, -0.25) is 9.52 Å². The van der Waals surface area contributed by atoms with Crippen molar-refractivity contribution in [2.24, 2.45) is 0 Å². The van der Waals surface area contributed by atoms with Gasteiger partial charge in [-0.15, -0.1) is 0 Å². The molecular weight excluding hydrogens is 320 g/mol. The quantitative estimate of drug-likeness (QED) is 0.723. The number of aliphatic hydroxyl groups is 1. The number of aliphatic hydroxyl groups excluding tert-OH is 1. The van der Waals surface area contributed by atoms with Crippen LogP contribution < -0.4 is 10.0 Å². The van der Waals surface area contributed by atoms with E-state index < -0.39 is 21.4 Å². The van der Waals surface area contributed by atoms with Crippen LogP contribution in [0.25, 0.3) is 0 Å². The van der Waals surface area contributed by atoms with Crippen molar-refractivity contribution < 1.29 is 23.1 Å². The number of rotatable bonds is 6. The van der Waals surface area contributed by atoms with Crippen LogP contribution in [-0.4, -0.2) is 44.5 Å². The van der Waals surface area contributed by atoms with Crippen LogP contribution in [0.2, 0.25) is 0 Å². The highest BCUT2D eigenvalue weighted by Crippen LogP contribution is 2.26. The number of amides is 1. The Morgan fingerprint density at radius 2 is 1.83 bits per heavy atom. The number of carbonyl (C=O) groups is 1. The average Bonchev–Trinajstić information content (AvgIpc) is 2.49. The normalized spacial score (nSPS) is 21.7. The number of anilines is 2. The van der Waals surface area contributed by atoms with E-state index in [4.69, 9.17) is 4.74 Å². The van der Waals surface area contributed by atoms with Gasteiger partial charge in [0.05, 0.1) is 6.10 Å². The number of ether oxygens (including phenoxy) is 1. The lowest BCUT2D eigenvalue weighted by Crippen LogP contribution is -2.40. The zero-order valence-electron chi connectivity index (χ0n) is 13.0. The van der Waals surface area contributed by atoms with Crippen molar-refractivity contribution in [1.29, 1.82) is 0 Å². The van der Waals surface area contributed by atoms with Crippen LogP contribution >= 0.6 is 0 Å². The molecule has 128 valence electrons. The van der Waals surface area contributed by atoms with Gasteiger partial charge >= 0.3 is 0 Å². The SMILES string of the molecule is COCC(=O)Nc1ccc(NS(=O)(=O)[C@@H]2CCCC[C@H]2O)cc1. The third kappa shape index (κ3) is 4.92. The molecule has 1 aromatic carbocycles. The smallest absolute Gasteiger partial charge is 0.250 e. The van der Waals surface area contributed by atoms with Crippen LogP contribution in [0.1, 0.15) is 25.7 Å². The number of hydrogen-bond donors (Lipinski definition) is 3. The van der Waals surface area contributed by atoms with Crippen molar-refractivity contribution in [3.63, 3.8) is 0 Å². The number of benzene rings is 1. The molecular formula is C15H22N2O5S. The van der Waals surface area contributed by atoms with E-state index in [1.165, 1.54) is 7.11 Å². The number of hydrogen-bond acceptors (Lipinski definition) is 5. The zero-order valence-corrected chi connectivity index (χ0v) is 13.8. The summed E-state index contributed by atoms with van der Waals surface area (Å²) in [5.41, 5.74) is 0.945. The molecule has 0 aromatic heterocycles. The molecule has 2 atom stereocenters. The van der Waals surface area contributed by atoms with E-state index >= 15 is 0 Å². The fourth-order valence-corrected chi connectivity index (χ4v) is 4.27. The standard InChI is InChI=1S/C15H22N2O5S/c1-22-10-15(19)16-11-6-8-12(9-7-11)17-23(20,21)14-5-3-2-4-13(14)18/h6-9,13-14,17-18H,2-5,10H2,1H3,(H,16,19)/t13-,14-/m1/s1. The maximum absolute atomic E-state index is 12.4. The molecule has 1 fully saturated rings. The molecule has 0 radical (unpaired) electrons. The molecule has 3 N–H and O–H groups in total. The second-order valence-electron chi connectivity index (χ2n) is 5.60. The second-order valence-corrected chi connectivity index (χ2v) is 7.50. The topological polar surface area (TPSA) is 105 Å². The molecule has 8 heteroatoms. The fraction of sp³-hybridized carbons (Fsp3) is 0.533. The minimum absolute atomic E-state index is 0.0477. The Balaban J connectivity index is 2.01. The van der Waals surface area contributed by atoms with E-state index in [9.17, 15) is 18.3 Å². The number of sulfonamides is 1. The van der Waals surface area contributed by atoms with E-state index in [1.807, 2.05) is 0 Å². The van der Waals surface area contributed by atoms with Crippen LogP contribution in [-0.2, 0) is 19.6 Å². The van der Waals surface area contributed by atoms with Crippen molar-refractivity contribution in [2.75, 3.05) is 23.8 Å². The molecule has 0 unspecified atom stereocenters. The molecule has 7 nitrogen and oxygen atoms in total. The van der Waals surface area contributed by atoms with Gasteiger partial charge in [-0.1, -0.05) is 12.8 Å². The van der Waals surface area contributed by atoms with Crippen molar-refractivity contribution in [3.8, 4) is 0 Å². The van der Waals surface area contributed by atoms with E-state index in [0.29, 0.717) is 24.2 Å². The Labute approximate surface area is 136 Å². The van der Waals surface area contributed by atoms with Gasteiger partial charge in [-0.2, -0.15) is 0 Å².